The highest BCUT2D eigenvalue weighted by atomic mass is 31.2. The lowest BCUT2D eigenvalue weighted by Gasteiger charge is -2.26. The molecule has 2 atom stereocenters. The summed E-state index contributed by atoms with van der Waals surface area (Å²) in [5.41, 5.74) is 0. The fourth-order valence-electron chi connectivity index (χ4n) is 5.00. The van der Waals surface area contributed by atoms with Crippen LogP contribution >= 0.6 is 7.82 Å². The smallest absolute Gasteiger partial charge is 0.379 e. The molecule has 0 aromatic carbocycles. The number of carbonyl (C=O) groups excluding carboxylic acids is 2. The first kappa shape index (κ1) is 36.3. The van der Waals surface area contributed by atoms with E-state index in [0.29, 0.717) is 13.2 Å². The number of phosphoric acid groups is 1. The zero-order valence-corrected chi connectivity index (χ0v) is 26.6. The highest BCUT2D eigenvalue weighted by molar-refractivity contribution is 7.47. The second-order valence-electron chi connectivity index (χ2n) is 11.1. The molecule has 0 saturated carbocycles. The average molecular weight is 610 g/mol. The lowest BCUT2D eigenvalue weighted by atomic mass is 10.0. The Hall–Kier alpha value is -1.90. The molecule has 9 nitrogen and oxygen atoms in total. The average Bonchev–Trinajstić information content (AvgIpc) is 3.31. The number of unbranched alkanes of at least 4 members (excludes halogenated alkanes) is 15. The number of imide groups is 1. The number of phosphoric ester groups is 1. The summed E-state index contributed by atoms with van der Waals surface area (Å²) in [5.74, 6) is -0.984. The Morgan fingerprint density at radius 3 is 1.74 bits per heavy atom. The molecule has 238 valence electrons. The Bertz CT molecular complexity index is 926. The van der Waals surface area contributed by atoms with Crippen LogP contribution in [0.4, 0.5) is 0 Å². The molecular weight excluding hydrogens is 555 g/mol. The second-order valence-corrected chi connectivity index (χ2v) is 12.6. The van der Waals surface area contributed by atoms with Crippen molar-refractivity contribution in [1.82, 2.24) is 4.90 Å². The van der Waals surface area contributed by atoms with E-state index >= 15 is 0 Å². The highest BCUT2D eigenvalue weighted by Gasteiger charge is 2.34. The van der Waals surface area contributed by atoms with Crippen molar-refractivity contribution in [2.75, 3.05) is 26.4 Å². The van der Waals surface area contributed by atoms with Crippen molar-refractivity contribution in [3.63, 3.8) is 0 Å². The van der Waals surface area contributed by atoms with E-state index in [2.05, 4.69) is 6.92 Å². The SMILES string of the molecule is CCCCCCCCCCCCCCCCCCOCC(COP(=O)(O)OCC[n+]1ccccc1)N1C(=O)C=CC1=O. The number of amides is 2. The van der Waals surface area contributed by atoms with Crippen molar-refractivity contribution in [1.29, 1.82) is 0 Å². The van der Waals surface area contributed by atoms with Gasteiger partial charge in [0.05, 0.1) is 19.3 Å². The Labute approximate surface area is 253 Å². The molecule has 0 bridgehead atoms. The zero-order chi connectivity index (χ0) is 30.3. The van der Waals surface area contributed by atoms with Gasteiger partial charge in [-0.2, -0.15) is 0 Å². The van der Waals surface area contributed by atoms with E-state index in [-0.39, 0.29) is 19.8 Å². The van der Waals surface area contributed by atoms with Gasteiger partial charge in [-0.1, -0.05) is 109 Å². The van der Waals surface area contributed by atoms with Gasteiger partial charge < -0.3 is 9.63 Å². The molecule has 0 aliphatic carbocycles. The maximum absolute atomic E-state index is 12.4. The Morgan fingerprint density at radius 2 is 1.21 bits per heavy atom. The van der Waals surface area contributed by atoms with Crippen LogP contribution in [0.3, 0.4) is 0 Å². The van der Waals surface area contributed by atoms with Gasteiger partial charge in [-0.15, -0.1) is 0 Å². The first-order valence-corrected chi connectivity index (χ1v) is 17.6. The van der Waals surface area contributed by atoms with Gasteiger partial charge in [0.2, 0.25) is 0 Å². The molecule has 1 aromatic rings. The standard InChI is InChI=1S/C32H53N2O7P/c1-2-3-4-5-6-7-8-9-10-11-12-13-14-15-16-20-26-39-28-30(34-31(35)21-22-32(34)36)29-41-42(37,38)40-27-25-33-23-18-17-19-24-33/h17-19,21-24,30H,2-16,20,25-29H2,1H3/p+1. The minimum Gasteiger partial charge on any atom is -0.379 e. The molecule has 0 fully saturated rings. The fraction of sp³-hybridized carbons (Fsp3) is 0.719. The third kappa shape index (κ3) is 16.7. The first-order valence-electron chi connectivity index (χ1n) is 16.1. The van der Waals surface area contributed by atoms with Gasteiger partial charge >= 0.3 is 7.82 Å². The van der Waals surface area contributed by atoms with E-state index in [1.165, 1.54) is 95.6 Å². The quantitative estimate of drug-likeness (QED) is 0.0513. The lowest BCUT2D eigenvalue weighted by molar-refractivity contribution is -0.697. The monoisotopic (exact) mass is 609 g/mol. The van der Waals surface area contributed by atoms with Gasteiger partial charge in [-0.05, 0) is 6.42 Å². The van der Waals surface area contributed by atoms with Crippen LogP contribution < -0.4 is 4.57 Å². The van der Waals surface area contributed by atoms with Crippen LogP contribution in [0, 0.1) is 0 Å². The molecule has 1 N–H and O–H groups in total. The molecule has 2 amide bonds. The molecule has 0 spiro atoms. The minimum atomic E-state index is -4.38. The van der Waals surface area contributed by atoms with Crippen LogP contribution in [0.25, 0.3) is 0 Å². The van der Waals surface area contributed by atoms with Crippen molar-refractivity contribution < 1.29 is 37.4 Å². The molecule has 2 unspecified atom stereocenters. The van der Waals surface area contributed by atoms with Crippen LogP contribution in [-0.2, 0) is 34.5 Å². The Morgan fingerprint density at radius 1 is 0.714 bits per heavy atom. The lowest BCUT2D eigenvalue weighted by Crippen LogP contribution is -2.45. The molecule has 1 aliphatic heterocycles. The molecule has 1 aliphatic rings. The van der Waals surface area contributed by atoms with Crippen molar-refractivity contribution in [2.24, 2.45) is 0 Å². The molecule has 42 heavy (non-hydrogen) atoms. The molecule has 1 aromatic heterocycles. The van der Waals surface area contributed by atoms with E-state index in [0.717, 1.165) is 24.2 Å². The molecule has 2 rings (SSSR count). The largest absolute Gasteiger partial charge is 0.472 e. The minimum absolute atomic E-state index is 0.0256. The predicted molar refractivity (Wildman–Crippen MR) is 164 cm³/mol. The summed E-state index contributed by atoms with van der Waals surface area (Å²) in [6.07, 6.45) is 26.6. The van der Waals surface area contributed by atoms with Crippen molar-refractivity contribution >= 4 is 19.6 Å². The number of pyridine rings is 1. The summed E-state index contributed by atoms with van der Waals surface area (Å²) in [4.78, 5) is 35.5. The summed E-state index contributed by atoms with van der Waals surface area (Å²) in [5, 5.41) is 0. The first-order chi connectivity index (χ1) is 20.4. The maximum Gasteiger partial charge on any atom is 0.472 e. The third-order valence-electron chi connectivity index (χ3n) is 7.47. The molecule has 0 saturated heterocycles. The van der Waals surface area contributed by atoms with Gasteiger partial charge in [-0.3, -0.25) is 23.5 Å². The number of hydrogen-bond donors (Lipinski definition) is 1. The zero-order valence-electron chi connectivity index (χ0n) is 25.7. The second kappa shape index (κ2) is 22.6. The number of nitrogens with zero attached hydrogens (tertiary/aromatic N) is 2. The number of rotatable bonds is 27. The Kier molecular flexibility index (Phi) is 19.5. The molecule has 0 radical (unpaired) electrons. The van der Waals surface area contributed by atoms with Gasteiger partial charge in [0.15, 0.2) is 18.9 Å². The normalized spacial score (nSPS) is 15.4. The summed E-state index contributed by atoms with van der Waals surface area (Å²) in [7, 11) is -4.38. The van der Waals surface area contributed by atoms with Gasteiger partial charge in [0.25, 0.3) is 11.8 Å². The third-order valence-corrected chi connectivity index (χ3v) is 8.46. The van der Waals surface area contributed by atoms with E-state index in [1.54, 1.807) is 0 Å². The van der Waals surface area contributed by atoms with Gasteiger partial charge in [0, 0.05) is 30.9 Å². The molecular formula is C32H54N2O7P+. The fourth-order valence-corrected chi connectivity index (χ4v) is 5.75. The van der Waals surface area contributed by atoms with Crippen LogP contribution in [0.5, 0.6) is 0 Å². The van der Waals surface area contributed by atoms with Crippen molar-refractivity contribution in [3.05, 3.63) is 42.7 Å². The number of aromatic nitrogens is 1. The van der Waals surface area contributed by atoms with Crippen LogP contribution in [0.2, 0.25) is 0 Å². The van der Waals surface area contributed by atoms with E-state index < -0.39 is 25.7 Å². The summed E-state index contributed by atoms with van der Waals surface area (Å²) in [6, 6.07) is 4.74. The summed E-state index contributed by atoms with van der Waals surface area (Å²) < 4.78 is 30.2. The van der Waals surface area contributed by atoms with Crippen LogP contribution in [-0.4, -0.2) is 54.1 Å². The number of ether oxygens (including phenoxy) is 1. The summed E-state index contributed by atoms with van der Waals surface area (Å²) >= 11 is 0. The topological polar surface area (TPSA) is 106 Å². The maximum atomic E-state index is 12.4. The van der Waals surface area contributed by atoms with Gasteiger partial charge in [0.1, 0.15) is 6.61 Å². The van der Waals surface area contributed by atoms with Crippen LogP contribution in [0.15, 0.2) is 42.7 Å². The van der Waals surface area contributed by atoms with Gasteiger partial charge in [-0.25, -0.2) is 9.13 Å². The van der Waals surface area contributed by atoms with Crippen molar-refractivity contribution in [3.8, 4) is 0 Å². The van der Waals surface area contributed by atoms with E-state index in [9.17, 15) is 19.0 Å². The number of hydrogen-bond acceptors (Lipinski definition) is 6. The molecule has 10 heteroatoms. The van der Waals surface area contributed by atoms with E-state index in [4.69, 9.17) is 13.8 Å². The summed E-state index contributed by atoms with van der Waals surface area (Å²) in [6.45, 7) is 2.75. The molecule has 2 heterocycles. The van der Waals surface area contributed by atoms with Crippen LogP contribution in [0.1, 0.15) is 110 Å². The van der Waals surface area contributed by atoms with Crippen molar-refractivity contribution in [2.45, 2.75) is 122 Å². The van der Waals surface area contributed by atoms with E-state index in [1.807, 2.05) is 35.2 Å². The number of carbonyl (C=O) groups is 2. The highest BCUT2D eigenvalue weighted by Crippen LogP contribution is 2.43. The predicted octanol–water partition coefficient (Wildman–Crippen LogP) is 6.68. The Balaban J connectivity index is 1.54.